The van der Waals surface area contributed by atoms with E-state index < -0.39 is 12.1 Å². The number of hydrogen-bond acceptors (Lipinski definition) is 4. The van der Waals surface area contributed by atoms with Crippen LogP contribution in [0.15, 0.2) is 0 Å². The van der Waals surface area contributed by atoms with Gasteiger partial charge >= 0.3 is 0 Å². The first-order chi connectivity index (χ1) is 4.22. The van der Waals surface area contributed by atoms with Gasteiger partial charge in [-0.05, 0) is 14.0 Å². The summed E-state index contributed by atoms with van der Waals surface area (Å²) in [4.78, 5) is 0. The maximum atomic E-state index is 8.82. The Morgan fingerprint density at radius 3 is 2.33 bits per heavy atom. The SMILES string of the molecule is CNNC(C#N)C(C)O. The molecule has 0 saturated carbocycles. The molecule has 0 amide bonds. The topological polar surface area (TPSA) is 68.1 Å². The first kappa shape index (κ1) is 8.37. The second-order valence-corrected chi connectivity index (χ2v) is 1.74. The molecule has 0 fully saturated rings. The van der Waals surface area contributed by atoms with Crippen LogP contribution in [0.25, 0.3) is 0 Å². The summed E-state index contributed by atoms with van der Waals surface area (Å²) in [6.45, 7) is 1.55. The predicted octanol–water partition coefficient (Wildman–Crippen LogP) is -1.02. The molecule has 0 aromatic heterocycles. The zero-order valence-corrected chi connectivity index (χ0v) is 5.55. The number of aliphatic hydroxyl groups excluding tert-OH is 1. The third-order valence-corrected chi connectivity index (χ3v) is 0.921. The Morgan fingerprint density at radius 1 is 1.67 bits per heavy atom. The van der Waals surface area contributed by atoms with Crippen molar-refractivity contribution in [2.45, 2.75) is 19.1 Å². The van der Waals surface area contributed by atoms with E-state index in [4.69, 9.17) is 10.4 Å². The fraction of sp³-hybridized carbons (Fsp3) is 0.800. The van der Waals surface area contributed by atoms with Crippen molar-refractivity contribution in [3.63, 3.8) is 0 Å². The highest BCUT2D eigenvalue weighted by atomic mass is 16.3. The summed E-state index contributed by atoms with van der Waals surface area (Å²) in [7, 11) is 1.65. The van der Waals surface area contributed by atoms with E-state index in [1.54, 1.807) is 14.0 Å². The van der Waals surface area contributed by atoms with E-state index in [1.165, 1.54) is 0 Å². The summed E-state index contributed by atoms with van der Waals surface area (Å²) in [5.41, 5.74) is 5.14. The molecule has 0 aliphatic heterocycles. The van der Waals surface area contributed by atoms with Gasteiger partial charge in [0.05, 0.1) is 12.2 Å². The monoisotopic (exact) mass is 129 g/mol. The Balaban J connectivity index is 3.58. The Bertz CT molecular complexity index is 107. The highest BCUT2D eigenvalue weighted by Gasteiger charge is 2.10. The molecule has 4 nitrogen and oxygen atoms in total. The highest BCUT2D eigenvalue weighted by molar-refractivity contribution is 4.91. The summed E-state index contributed by atoms with van der Waals surface area (Å²) in [6.07, 6.45) is -0.651. The summed E-state index contributed by atoms with van der Waals surface area (Å²) in [6, 6.07) is 1.35. The zero-order valence-electron chi connectivity index (χ0n) is 5.55. The van der Waals surface area contributed by atoms with Gasteiger partial charge in [-0.25, -0.2) is 5.43 Å². The standard InChI is InChI=1S/C5H11N3O/c1-4(9)5(3-6)8-7-2/h4-5,7-9H,1-2H3. The Labute approximate surface area is 54.5 Å². The lowest BCUT2D eigenvalue weighted by atomic mass is 10.2. The molecule has 0 aliphatic rings. The largest absolute Gasteiger partial charge is 0.391 e. The molecular weight excluding hydrogens is 118 g/mol. The fourth-order valence-corrected chi connectivity index (χ4v) is 0.416. The second-order valence-electron chi connectivity index (χ2n) is 1.74. The molecular formula is C5H11N3O. The van der Waals surface area contributed by atoms with Gasteiger partial charge in [0.2, 0.25) is 0 Å². The van der Waals surface area contributed by atoms with Gasteiger partial charge < -0.3 is 5.11 Å². The van der Waals surface area contributed by atoms with Gasteiger partial charge in [-0.3, -0.25) is 5.43 Å². The molecule has 0 radical (unpaired) electrons. The van der Waals surface area contributed by atoms with E-state index in [0.717, 1.165) is 0 Å². The van der Waals surface area contributed by atoms with E-state index in [-0.39, 0.29) is 0 Å². The molecule has 0 aromatic carbocycles. The molecule has 2 unspecified atom stereocenters. The Hall–Kier alpha value is -0.630. The lowest BCUT2D eigenvalue weighted by Gasteiger charge is -2.11. The molecule has 2 atom stereocenters. The number of rotatable bonds is 3. The maximum absolute atomic E-state index is 8.82. The molecule has 9 heavy (non-hydrogen) atoms. The predicted molar refractivity (Wildman–Crippen MR) is 33.3 cm³/mol. The quantitative estimate of drug-likeness (QED) is 0.427. The van der Waals surface area contributed by atoms with E-state index >= 15 is 0 Å². The van der Waals surface area contributed by atoms with E-state index in [2.05, 4.69) is 10.9 Å². The van der Waals surface area contributed by atoms with Crippen molar-refractivity contribution in [3.05, 3.63) is 0 Å². The first-order valence-corrected chi connectivity index (χ1v) is 2.72. The first-order valence-electron chi connectivity index (χ1n) is 2.72. The van der Waals surface area contributed by atoms with Gasteiger partial charge in [0.1, 0.15) is 6.04 Å². The van der Waals surface area contributed by atoms with Crippen LogP contribution in [0.5, 0.6) is 0 Å². The third kappa shape index (κ3) is 3.03. The van der Waals surface area contributed by atoms with Crippen molar-refractivity contribution in [2.75, 3.05) is 7.05 Å². The van der Waals surface area contributed by atoms with Gasteiger partial charge in [0, 0.05) is 0 Å². The van der Waals surface area contributed by atoms with Crippen LogP contribution in [0.2, 0.25) is 0 Å². The summed E-state index contributed by atoms with van der Waals surface area (Å²) >= 11 is 0. The van der Waals surface area contributed by atoms with Crippen LogP contribution in [0.1, 0.15) is 6.92 Å². The maximum Gasteiger partial charge on any atom is 0.134 e. The molecule has 52 valence electrons. The van der Waals surface area contributed by atoms with Gasteiger partial charge in [0.25, 0.3) is 0 Å². The lowest BCUT2D eigenvalue weighted by Crippen LogP contribution is -2.43. The van der Waals surface area contributed by atoms with Crippen LogP contribution in [0, 0.1) is 11.3 Å². The minimum absolute atomic E-state index is 0.532. The summed E-state index contributed by atoms with van der Waals surface area (Å²) in [5.74, 6) is 0. The molecule has 4 heteroatoms. The molecule has 0 aromatic rings. The van der Waals surface area contributed by atoms with Gasteiger partial charge in [0.15, 0.2) is 0 Å². The number of nitrogens with one attached hydrogen (secondary N) is 2. The molecule has 0 aliphatic carbocycles. The average Bonchev–Trinajstić information content (AvgIpc) is 1.82. The average molecular weight is 129 g/mol. The minimum Gasteiger partial charge on any atom is -0.391 e. The second kappa shape index (κ2) is 4.27. The van der Waals surface area contributed by atoms with Crippen molar-refractivity contribution in [1.82, 2.24) is 10.9 Å². The van der Waals surface area contributed by atoms with Crippen LogP contribution in [0.4, 0.5) is 0 Å². The number of nitrogens with zero attached hydrogens (tertiary/aromatic N) is 1. The molecule has 0 bridgehead atoms. The zero-order chi connectivity index (χ0) is 7.28. The van der Waals surface area contributed by atoms with Crippen LogP contribution in [-0.2, 0) is 0 Å². The van der Waals surface area contributed by atoms with Crippen molar-refractivity contribution < 1.29 is 5.11 Å². The normalized spacial score (nSPS) is 16.2. The van der Waals surface area contributed by atoms with Crippen molar-refractivity contribution in [3.8, 4) is 6.07 Å². The number of aliphatic hydroxyl groups is 1. The molecule has 0 saturated heterocycles. The van der Waals surface area contributed by atoms with Crippen LogP contribution in [0.3, 0.4) is 0 Å². The Morgan fingerprint density at radius 2 is 2.22 bits per heavy atom. The lowest BCUT2D eigenvalue weighted by molar-refractivity contribution is 0.161. The third-order valence-electron chi connectivity index (χ3n) is 0.921. The summed E-state index contributed by atoms with van der Waals surface area (Å²) < 4.78 is 0. The van der Waals surface area contributed by atoms with Crippen LogP contribution >= 0.6 is 0 Å². The van der Waals surface area contributed by atoms with E-state index in [0.29, 0.717) is 0 Å². The van der Waals surface area contributed by atoms with E-state index in [1.807, 2.05) is 6.07 Å². The van der Waals surface area contributed by atoms with Gasteiger partial charge in [-0.2, -0.15) is 5.26 Å². The molecule has 0 rings (SSSR count). The van der Waals surface area contributed by atoms with Crippen LogP contribution in [-0.4, -0.2) is 24.3 Å². The Kier molecular flexibility index (Phi) is 3.97. The number of hydrogen-bond donors (Lipinski definition) is 3. The number of hydrazine groups is 1. The minimum atomic E-state index is -0.651. The van der Waals surface area contributed by atoms with Crippen molar-refractivity contribution in [1.29, 1.82) is 5.26 Å². The van der Waals surface area contributed by atoms with Gasteiger partial charge in [-0.1, -0.05) is 0 Å². The van der Waals surface area contributed by atoms with Crippen molar-refractivity contribution >= 4 is 0 Å². The van der Waals surface area contributed by atoms with Crippen LogP contribution < -0.4 is 10.9 Å². The smallest absolute Gasteiger partial charge is 0.134 e. The number of nitriles is 1. The van der Waals surface area contributed by atoms with E-state index in [9.17, 15) is 0 Å². The molecule has 0 spiro atoms. The van der Waals surface area contributed by atoms with Crippen molar-refractivity contribution in [2.24, 2.45) is 0 Å². The molecule has 0 heterocycles. The van der Waals surface area contributed by atoms with Gasteiger partial charge in [-0.15, -0.1) is 0 Å². The highest BCUT2D eigenvalue weighted by Crippen LogP contribution is 1.86. The fourth-order valence-electron chi connectivity index (χ4n) is 0.416. The molecule has 3 N–H and O–H groups in total. The summed E-state index contributed by atoms with van der Waals surface area (Å²) in [5, 5.41) is 17.1.